The van der Waals surface area contributed by atoms with Crippen molar-refractivity contribution in [3.05, 3.63) is 42.5 Å². The monoisotopic (exact) mass is 301 g/mol. The summed E-state index contributed by atoms with van der Waals surface area (Å²) in [5, 5.41) is 2.60. The molecular weight excluding hydrogens is 286 g/mol. The van der Waals surface area contributed by atoms with Crippen LogP contribution in [0.5, 0.6) is 0 Å². The van der Waals surface area contributed by atoms with Gasteiger partial charge in [0, 0.05) is 12.2 Å². The summed E-state index contributed by atoms with van der Waals surface area (Å²) >= 11 is 0. The normalized spacial score (nSPS) is 14.5. The second kappa shape index (κ2) is 6.21. The first-order valence-corrected chi connectivity index (χ1v) is 6.59. The van der Waals surface area contributed by atoms with Gasteiger partial charge in [0.05, 0.1) is 0 Å². The van der Waals surface area contributed by atoms with Gasteiger partial charge in [-0.1, -0.05) is 24.3 Å². The molecule has 1 aliphatic rings. The third-order valence-corrected chi connectivity index (χ3v) is 3.17. The highest BCUT2D eigenvalue weighted by molar-refractivity contribution is 6.45. The van der Waals surface area contributed by atoms with Gasteiger partial charge in [0.2, 0.25) is 5.91 Å². The molecule has 0 radical (unpaired) electrons. The van der Waals surface area contributed by atoms with E-state index in [1.165, 1.54) is 6.08 Å². The van der Waals surface area contributed by atoms with Crippen molar-refractivity contribution in [2.24, 2.45) is 0 Å². The van der Waals surface area contributed by atoms with Gasteiger partial charge in [-0.3, -0.25) is 19.3 Å². The SMILES string of the molecule is C=CCN1C(=O)C(=O)N(CC(=O)Nc2ccccc2C)C1=O. The fourth-order valence-electron chi connectivity index (χ4n) is 2.03. The van der Waals surface area contributed by atoms with Crippen LogP contribution in [-0.4, -0.2) is 46.6 Å². The van der Waals surface area contributed by atoms with Gasteiger partial charge in [-0.15, -0.1) is 6.58 Å². The van der Waals surface area contributed by atoms with Crippen LogP contribution < -0.4 is 5.32 Å². The summed E-state index contributed by atoms with van der Waals surface area (Å²) in [6, 6.07) is 6.29. The van der Waals surface area contributed by atoms with Crippen LogP contribution in [0.25, 0.3) is 0 Å². The highest BCUT2D eigenvalue weighted by atomic mass is 16.2. The van der Waals surface area contributed by atoms with Gasteiger partial charge in [0.15, 0.2) is 0 Å². The van der Waals surface area contributed by atoms with Crippen molar-refractivity contribution in [3.8, 4) is 0 Å². The number of imide groups is 2. The highest BCUT2D eigenvalue weighted by Gasteiger charge is 2.44. The summed E-state index contributed by atoms with van der Waals surface area (Å²) < 4.78 is 0. The maximum absolute atomic E-state index is 12.0. The third-order valence-electron chi connectivity index (χ3n) is 3.17. The van der Waals surface area contributed by atoms with E-state index in [1.807, 2.05) is 19.1 Å². The van der Waals surface area contributed by atoms with E-state index in [2.05, 4.69) is 11.9 Å². The van der Waals surface area contributed by atoms with Crippen molar-refractivity contribution in [3.63, 3.8) is 0 Å². The lowest BCUT2D eigenvalue weighted by atomic mass is 10.2. The average molecular weight is 301 g/mol. The predicted molar refractivity (Wildman–Crippen MR) is 78.8 cm³/mol. The fourth-order valence-corrected chi connectivity index (χ4v) is 2.03. The van der Waals surface area contributed by atoms with Gasteiger partial charge < -0.3 is 5.32 Å². The highest BCUT2D eigenvalue weighted by Crippen LogP contribution is 2.15. The second-order valence-electron chi connectivity index (χ2n) is 4.74. The summed E-state index contributed by atoms with van der Waals surface area (Å²) in [5.74, 6) is -2.51. The van der Waals surface area contributed by atoms with Crippen LogP contribution in [0, 0.1) is 6.92 Å². The molecule has 0 aromatic heterocycles. The maximum Gasteiger partial charge on any atom is 0.335 e. The number of para-hydroxylation sites is 1. The molecule has 1 aromatic rings. The first-order valence-electron chi connectivity index (χ1n) is 6.59. The number of nitrogens with one attached hydrogen (secondary N) is 1. The lowest BCUT2D eigenvalue weighted by molar-refractivity contribution is -0.143. The van der Waals surface area contributed by atoms with E-state index in [9.17, 15) is 19.2 Å². The minimum atomic E-state index is -1.01. The number of aryl methyl sites for hydroxylation is 1. The number of hydrogen-bond donors (Lipinski definition) is 1. The Morgan fingerprint density at radius 1 is 1.18 bits per heavy atom. The smallest absolute Gasteiger partial charge is 0.324 e. The zero-order valence-electron chi connectivity index (χ0n) is 12.0. The summed E-state index contributed by atoms with van der Waals surface area (Å²) in [6.45, 7) is 4.65. The largest absolute Gasteiger partial charge is 0.335 e. The van der Waals surface area contributed by atoms with E-state index in [0.717, 1.165) is 10.5 Å². The number of anilines is 1. The molecule has 0 saturated carbocycles. The van der Waals surface area contributed by atoms with Gasteiger partial charge in [-0.05, 0) is 18.6 Å². The zero-order valence-corrected chi connectivity index (χ0v) is 12.0. The van der Waals surface area contributed by atoms with Crippen molar-refractivity contribution in [2.45, 2.75) is 6.92 Å². The standard InChI is InChI=1S/C15H15N3O4/c1-3-8-17-13(20)14(21)18(15(17)22)9-12(19)16-11-7-5-4-6-10(11)2/h3-7H,1,8-9H2,2H3,(H,16,19). The van der Waals surface area contributed by atoms with Crippen molar-refractivity contribution >= 4 is 29.4 Å². The average Bonchev–Trinajstić information content (AvgIpc) is 2.68. The number of carbonyl (C=O) groups is 4. The first kappa shape index (κ1) is 15.4. The number of nitrogens with zero attached hydrogens (tertiary/aromatic N) is 2. The molecule has 22 heavy (non-hydrogen) atoms. The Kier molecular flexibility index (Phi) is 4.36. The molecular formula is C15H15N3O4. The zero-order chi connectivity index (χ0) is 16.3. The molecule has 1 saturated heterocycles. The van der Waals surface area contributed by atoms with Gasteiger partial charge >= 0.3 is 17.8 Å². The molecule has 0 unspecified atom stereocenters. The lowest BCUT2D eigenvalue weighted by Crippen LogP contribution is -2.39. The number of amides is 5. The van der Waals surface area contributed by atoms with Crippen molar-refractivity contribution in [1.29, 1.82) is 0 Å². The van der Waals surface area contributed by atoms with Gasteiger partial charge in [-0.2, -0.15) is 0 Å². The summed E-state index contributed by atoms with van der Waals surface area (Å²) in [4.78, 5) is 48.7. The topological polar surface area (TPSA) is 86.8 Å². The first-order chi connectivity index (χ1) is 10.5. The van der Waals surface area contributed by atoms with E-state index in [-0.39, 0.29) is 6.54 Å². The Morgan fingerprint density at radius 2 is 1.82 bits per heavy atom. The molecule has 1 aliphatic heterocycles. The number of benzene rings is 1. The molecule has 0 atom stereocenters. The molecule has 2 rings (SSSR count). The minimum absolute atomic E-state index is 0.0701. The van der Waals surface area contributed by atoms with E-state index >= 15 is 0 Å². The van der Waals surface area contributed by atoms with E-state index in [0.29, 0.717) is 10.6 Å². The van der Waals surface area contributed by atoms with E-state index < -0.39 is 30.3 Å². The van der Waals surface area contributed by atoms with Crippen molar-refractivity contribution < 1.29 is 19.2 Å². The van der Waals surface area contributed by atoms with Crippen LogP contribution in [0.1, 0.15) is 5.56 Å². The molecule has 7 nitrogen and oxygen atoms in total. The van der Waals surface area contributed by atoms with Crippen LogP contribution in [-0.2, 0) is 14.4 Å². The van der Waals surface area contributed by atoms with Gasteiger partial charge in [0.1, 0.15) is 6.54 Å². The second-order valence-corrected chi connectivity index (χ2v) is 4.74. The molecule has 5 amide bonds. The van der Waals surface area contributed by atoms with Gasteiger partial charge in [-0.25, -0.2) is 9.69 Å². The molecule has 7 heteroatoms. The van der Waals surface area contributed by atoms with Crippen molar-refractivity contribution in [2.75, 3.05) is 18.4 Å². The lowest BCUT2D eigenvalue weighted by Gasteiger charge is -2.14. The minimum Gasteiger partial charge on any atom is -0.324 e. The molecule has 0 spiro atoms. The van der Waals surface area contributed by atoms with Gasteiger partial charge in [0.25, 0.3) is 0 Å². The van der Waals surface area contributed by atoms with Crippen LogP contribution in [0.15, 0.2) is 36.9 Å². The number of urea groups is 1. The van der Waals surface area contributed by atoms with Crippen LogP contribution in [0.2, 0.25) is 0 Å². The Balaban J connectivity index is 2.07. The van der Waals surface area contributed by atoms with Crippen LogP contribution in [0.4, 0.5) is 10.5 Å². The number of carbonyl (C=O) groups excluding carboxylic acids is 4. The van der Waals surface area contributed by atoms with Crippen LogP contribution in [0.3, 0.4) is 0 Å². The van der Waals surface area contributed by atoms with E-state index in [1.54, 1.807) is 12.1 Å². The maximum atomic E-state index is 12.0. The predicted octanol–water partition coefficient (Wildman–Crippen LogP) is 0.910. The number of hydrogen-bond acceptors (Lipinski definition) is 4. The molecule has 114 valence electrons. The molecule has 1 N–H and O–H groups in total. The number of rotatable bonds is 5. The Hall–Kier alpha value is -2.96. The molecule has 1 fully saturated rings. The Bertz CT molecular complexity index is 669. The van der Waals surface area contributed by atoms with Crippen LogP contribution >= 0.6 is 0 Å². The summed E-state index contributed by atoms with van der Waals surface area (Å²) in [6.07, 6.45) is 1.33. The quantitative estimate of drug-likeness (QED) is 0.497. The molecule has 0 aliphatic carbocycles. The molecule has 1 heterocycles. The summed E-state index contributed by atoms with van der Waals surface area (Å²) in [7, 11) is 0. The fraction of sp³-hybridized carbons (Fsp3) is 0.200. The molecule has 1 aromatic carbocycles. The van der Waals surface area contributed by atoms with E-state index in [4.69, 9.17) is 0 Å². The Morgan fingerprint density at radius 3 is 2.45 bits per heavy atom. The Labute approximate surface area is 127 Å². The van der Waals surface area contributed by atoms with Crippen molar-refractivity contribution in [1.82, 2.24) is 9.80 Å². The molecule has 0 bridgehead atoms. The third kappa shape index (κ3) is 2.88. The summed E-state index contributed by atoms with van der Waals surface area (Å²) in [5.41, 5.74) is 1.43.